The van der Waals surface area contributed by atoms with Crippen molar-refractivity contribution in [3.8, 4) is 0 Å². The van der Waals surface area contributed by atoms with Gasteiger partial charge in [-0.3, -0.25) is 4.79 Å². The van der Waals surface area contributed by atoms with Crippen molar-refractivity contribution in [2.24, 2.45) is 4.99 Å². The summed E-state index contributed by atoms with van der Waals surface area (Å²) in [5.41, 5.74) is 0.916. The van der Waals surface area contributed by atoms with Crippen molar-refractivity contribution in [3.63, 3.8) is 0 Å². The minimum Gasteiger partial charge on any atom is -0.469 e. The number of carbonyl (C=O) groups excluding carboxylic acids is 1. The summed E-state index contributed by atoms with van der Waals surface area (Å²) in [4.78, 5) is 15.5. The number of halogens is 2. The lowest BCUT2D eigenvalue weighted by Crippen LogP contribution is -2.37. The third-order valence-corrected chi connectivity index (χ3v) is 3.68. The molecule has 5 nitrogen and oxygen atoms in total. The van der Waals surface area contributed by atoms with Crippen molar-refractivity contribution in [2.75, 3.05) is 20.2 Å². The van der Waals surface area contributed by atoms with Crippen LogP contribution in [0.2, 0.25) is 10.0 Å². The van der Waals surface area contributed by atoms with Crippen molar-refractivity contribution in [2.45, 2.75) is 32.7 Å². The molecule has 0 bridgehead atoms. The molecule has 7 heteroatoms. The first-order valence-electron chi connectivity index (χ1n) is 7.59. The van der Waals surface area contributed by atoms with E-state index in [9.17, 15) is 4.79 Å². The third kappa shape index (κ3) is 8.09. The van der Waals surface area contributed by atoms with E-state index in [1.807, 2.05) is 13.0 Å². The summed E-state index contributed by atoms with van der Waals surface area (Å²) in [5.74, 6) is 0.541. The van der Waals surface area contributed by atoms with Gasteiger partial charge in [-0.25, -0.2) is 4.99 Å². The average Bonchev–Trinajstić information content (AvgIpc) is 2.53. The van der Waals surface area contributed by atoms with Gasteiger partial charge in [-0.1, -0.05) is 29.3 Å². The van der Waals surface area contributed by atoms with Crippen LogP contribution in [-0.4, -0.2) is 32.1 Å². The summed E-state index contributed by atoms with van der Waals surface area (Å²) in [6, 6.07) is 5.38. The summed E-state index contributed by atoms with van der Waals surface area (Å²) in [5, 5.41) is 7.62. The first-order valence-corrected chi connectivity index (χ1v) is 8.35. The number of guanidine groups is 1. The number of carbonyl (C=O) groups is 1. The van der Waals surface area contributed by atoms with Crippen LogP contribution in [0.3, 0.4) is 0 Å². The maximum absolute atomic E-state index is 11.0. The zero-order valence-corrected chi connectivity index (χ0v) is 15.0. The number of hydrogen-bond donors (Lipinski definition) is 2. The van der Waals surface area contributed by atoms with Gasteiger partial charge < -0.3 is 15.4 Å². The van der Waals surface area contributed by atoms with Gasteiger partial charge in [0.2, 0.25) is 0 Å². The van der Waals surface area contributed by atoms with Gasteiger partial charge >= 0.3 is 5.97 Å². The van der Waals surface area contributed by atoms with Gasteiger partial charge in [-0.05, 0) is 37.5 Å². The monoisotopic (exact) mass is 359 g/mol. The van der Waals surface area contributed by atoms with Gasteiger partial charge in [0, 0.05) is 29.6 Å². The topological polar surface area (TPSA) is 62.7 Å². The smallest absolute Gasteiger partial charge is 0.305 e. The van der Waals surface area contributed by atoms with Crippen LogP contribution in [0, 0.1) is 0 Å². The quantitative estimate of drug-likeness (QED) is 0.323. The van der Waals surface area contributed by atoms with Crippen molar-refractivity contribution >= 4 is 35.1 Å². The average molecular weight is 360 g/mol. The molecule has 0 saturated heterocycles. The maximum atomic E-state index is 11.0. The molecule has 23 heavy (non-hydrogen) atoms. The molecule has 0 unspecified atom stereocenters. The second-order valence-corrected chi connectivity index (χ2v) is 5.73. The number of aliphatic imine (C=N–C) groups is 1. The van der Waals surface area contributed by atoms with E-state index in [0.29, 0.717) is 23.0 Å². The van der Waals surface area contributed by atoms with Crippen LogP contribution in [0.1, 0.15) is 31.7 Å². The molecule has 0 atom stereocenters. The molecule has 0 aliphatic heterocycles. The lowest BCUT2D eigenvalue weighted by atomic mass is 10.2. The molecular formula is C16H23Cl2N3O2. The normalized spacial score (nSPS) is 11.2. The lowest BCUT2D eigenvalue weighted by molar-refractivity contribution is -0.140. The first kappa shape index (κ1) is 19.6. The molecule has 128 valence electrons. The minimum atomic E-state index is -0.178. The number of unbranched alkanes of at least 4 members (excludes halogenated alkanes) is 1. The fraction of sp³-hybridized carbons (Fsp3) is 0.500. The van der Waals surface area contributed by atoms with E-state index >= 15 is 0 Å². The van der Waals surface area contributed by atoms with E-state index in [-0.39, 0.29) is 5.97 Å². The van der Waals surface area contributed by atoms with Crippen LogP contribution in [-0.2, 0) is 16.1 Å². The Kier molecular flexibility index (Phi) is 9.48. The predicted octanol–water partition coefficient (Wildman–Crippen LogP) is 3.39. The highest BCUT2D eigenvalue weighted by atomic mass is 35.5. The van der Waals surface area contributed by atoms with Gasteiger partial charge in [0.25, 0.3) is 0 Å². The van der Waals surface area contributed by atoms with Crippen molar-refractivity contribution in [1.82, 2.24) is 10.6 Å². The molecule has 0 aliphatic rings. The Hall–Kier alpha value is -1.46. The molecule has 0 aromatic heterocycles. The van der Waals surface area contributed by atoms with Gasteiger partial charge in [0.05, 0.1) is 13.7 Å². The molecular weight excluding hydrogens is 337 g/mol. The van der Waals surface area contributed by atoms with Crippen molar-refractivity contribution in [3.05, 3.63) is 33.8 Å². The Bertz CT molecular complexity index is 536. The summed E-state index contributed by atoms with van der Waals surface area (Å²) >= 11 is 12.0. The summed E-state index contributed by atoms with van der Waals surface area (Å²) < 4.78 is 4.61. The molecule has 1 aromatic carbocycles. The fourth-order valence-electron chi connectivity index (χ4n) is 1.86. The van der Waals surface area contributed by atoms with E-state index in [1.165, 1.54) is 7.11 Å². The van der Waals surface area contributed by atoms with Crippen LogP contribution in [0.4, 0.5) is 0 Å². The number of benzene rings is 1. The molecule has 0 amide bonds. The third-order valence-electron chi connectivity index (χ3n) is 3.09. The molecule has 0 spiro atoms. The number of hydrogen-bond acceptors (Lipinski definition) is 3. The van der Waals surface area contributed by atoms with Gasteiger partial charge in [-0.15, -0.1) is 0 Å². The highest BCUT2D eigenvalue weighted by Crippen LogP contribution is 2.21. The highest BCUT2D eigenvalue weighted by Gasteiger charge is 2.03. The minimum absolute atomic E-state index is 0.178. The lowest BCUT2D eigenvalue weighted by Gasteiger charge is -2.11. The standard InChI is InChI=1S/C16H23Cl2N3O2/c1-3-19-16(20-9-5-4-6-15(22)23-2)21-11-12-7-8-13(17)10-14(12)18/h7-8,10H,3-6,9,11H2,1-2H3,(H2,19,20,21). The fourth-order valence-corrected chi connectivity index (χ4v) is 2.33. The number of nitrogens with zero attached hydrogens (tertiary/aromatic N) is 1. The van der Waals surface area contributed by atoms with Gasteiger partial charge in [0.1, 0.15) is 0 Å². The Morgan fingerprint density at radius 1 is 1.26 bits per heavy atom. The van der Waals surface area contributed by atoms with Crippen LogP contribution < -0.4 is 10.6 Å². The molecule has 2 N–H and O–H groups in total. The summed E-state index contributed by atoms with van der Waals surface area (Å²) in [6.07, 6.45) is 2.08. The van der Waals surface area contributed by atoms with E-state index in [2.05, 4.69) is 20.4 Å². The molecule has 1 rings (SSSR count). The predicted molar refractivity (Wildman–Crippen MR) is 95.1 cm³/mol. The van der Waals surface area contributed by atoms with E-state index < -0.39 is 0 Å². The van der Waals surface area contributed by atoms with Crippen molar-refractivity contribution < 1.29 is 9.53 Å². The van der Waals surface area contributed by atoms with Crippen LogP contribution in [0.25, 0.3) is 0 Å². The largest absolute Gasteiger partial charge is 0.469 e. The molecule has 0 aliphatic carbocycles. The highest BCUT2D eigenvalue weighted by molar-refractivity contribution is 6.35. The summed E-state index contributed by atoms with van der Waals surface area (Å²) in [7, 11) is 1.40. The molecule has 0 heterocycles. The number of nitrogens with one attached hydrogen (secondary N) is 2. The Labute approximate surface area is 147 Å². The molecule has 0 fully saturated rings. The Balaban J connectivity index is 2.45. The second-order valence-electron chi connectivity index (χ2n) is 4.89. The van der Waals surface area contributed by atoms with E-state index in [0.717, 1.165) is 37.5 Å². The van der Waals surface area contributed by atoms with E-state index in [1.54, 1.807) is 12.1 Å². The maximum Gasteiger partial charge on any atom is 0.305 e. The number of methoxy groups -OCH3 is 1. The molecule has 1 aromatic rings. The summed E-state index contributed by atoms with van der Waals surface area (Å²) in [6.45, 7) is 3.97. The number of esters is 1. The number of rotatable bonds is 8. The Morgan fingerprint density at radius 3 is 2.70 bits per heavy atom. The Morgan fingerprint density at radius 2 is 2.04 bits per heavy atom. The van der Waals surface area contributed by atoms with Crippen LogP contribution in [0.5, 0.6) is 0 Å². The zero-order valence-electron chi connectivity index (χ0n) is 13.5. The molecule has 0 saturated carbocycles. The van der Waals surface area contributed by atoms with Gasteiger partial charge in [0.15, 0.2) is 5.96 Å². The van der Waals surface area contributed by atoms with Gasteiger partial charge in [-0.2, -0.15) is 0 Å². The second kappa shape index (κ2) is 11.1. The van der Waals surface area contributed by atoms with E-state index in [4.69, 9.17) is 23.2 Å². The van der Waals surface area contributed by atoms with Crippen LogP contribution in [0.15, 0.2) is 23.2 Å². The number of ether oxygens (including phenoxy) is 1. The zero-order chi connectivity index (χ0) is 17.1. The molecule has 0 radical (unpaired) electrons. The van der Waals surface area contributed by atoms with Crippen LogP contribution >= 0.6 is 23.2 Å². The van der Waals surface area contributed by atoms with Crippen molar-refractivity contribution in [1.29, 1.82) is 0 Å². The SMILES string of the molecule is CCNC(=NCc1ccc(Cl)cc1Cl)NCCCCC(=O)OC. The first-order chi connectivity index (χ1) is 11.1.